The molecule has 2 heterocycles. The number of rotatable bonds is 5. The van der Waals surface area contributed by atoms with Gasteiger partial charge in [-0.3, -0.25) is 14.6 Å². The fourth-order valence-corrected chi connectivity index (χ4v) is 6.62. The van der Waals surface area contributed by atoms with Crippen molar-refractivity contribution < 1.29 is 9.59 Å². The Kier molecular flexibility index (Phi) is 6.88. The number of fused-ring (bicyclic) bond motifs is 2. The molecule has 6 nitrogen and oxygen atoms in total. The van der Waals surface area contributed by atoms with Crippen molar-refractivity contribution in [3.05, 3.63) is 94.8 Å². The molecule has 2 amide bonds. The predicted molar refractivity (Wildman–Crippen MR) is 149 cm³/mol. The fourth-order valence-electron chi connectivity index (χ4n) is 6.62. The van der Waals surface area contributed by atoms with Gasteiger partial charge in [-0.2, -0.15) is 0 Å². The first-order valence-corrected chi connectivity index (χ1v) is 14.0. The third kappa shape index (κ3) is 4.80. The highest BCUT2D eigenvalue weighted by Gasteiger charge is 2.32. The second-order valence-corrected chi connectivity index (χ2v) is 11.0. The summed E-state index contributed by atoms with van der Waals surface area (Å²) in [5, 5.41) is 3.35. The maximum atomic E-state index is 13.5. The summed E-state index contributed by atoms with van der Waals surface area (Å²) in [5.41, 5.74) is 6.73. The van der Waals surface area contributed by atoms with E-state index in [1.54, 1.807) is 0 Å². The number of piperidine rings is 1. The highest BCUT2D eigenvalue weighted by molar-refractivity contribution is 5.94. The van der Waals surface area contributed by atoms with Crippen LogP contribution in [0.2, 0.25) is 0 Å². The molecule has 1 aliphatic heterocycles. The summed E-state index contributed by atoms with van der Waals surface area (Å²) in [6, 6.07) is 18.7. The van der Waals surface area contributed by atoms with E-state index in [1.807, 2.05) is 54.7 Å². The van der Waals surface area contributed by atoms with Crippen molar-refractivity contribution in [2.75, 3.05) is 25.0 Å². The number of carbonyl (C=O) groups is 2. The molecule has 3 aromatic rings. The van der Waals surface area contributed by atoms with Crippen LogP contribution in [0.15, 0.2) is 67.0 Å². The summed E-state index contributed by atoms with van der Waals surface area (Å²) in [6.45, 7) is 1.85. The molecule has 0 bridgehead atoms. The lowest BCUT2D eigenvalue weighted by Crippen LogP contribution is -2.45. The first-order chi connectivity index (χ1) is 18.6. The van der Waals surface area contributed by atoms with E-state index < -0.39 is 0 Å². The second-order valence-electron chi connectivity index (χ2n) is 11.0. The first-order valence-electron chi connectivity index (χ1n) is 14.0. The van der Waals surface area contributed by atoms with E-state index in [-0.39, 0.29) is 29.8 Å². The zero-order chi connectivity index (χ0) is 26.1. The fraction of sp³-hybridized carbons (Fsp3) is 0.406. The monoisotopic (exact) mass is 508 g/mol. The van der Waals surface area contributed by atoms with Crippen molar-refractivity contribution in [1.82, 2.24) is 15.2 Å². The molecule has 1 aromatic heterocycles. The molecule has 196 valence electrons. The lowest BCUT2D eigenvalue weighted by atomic mass is 9.82. The summed E-state index contributed by atoms with van der Waals surface area (Å²) in [6.07, 6.45) is 10.3. The normalized spacial score (nSPS) is 20.9. The minimum absolute atomic E-state index is 0.0340. The molecule has 1 saturated heterocycles. The van der Waals surface area contributed by atoms with E-state index in [1.165, 1.54) is 22.4 Å². The number of benzene rings is 2. The Morgan fingerprint density at radius 1 is 0.895 bits per heavy atom. The van der Waals surface area contributed by atoms with Crippen molar-refractivity contribution in [3.63, 3.8) is 0 Å². The van der Waals surface area contributed by atoms with Crippen LogP contribution in [-0.2, 0) is 17.6 Å². The van der Waals surface area contributed by atoms with Gasteiger partial charge in [-0.15, -0.1) is 0 Å². The standard InChI is InChI=1S/C32H36N4O2/c1-35(25-15-19-36(20-16-25)26-13-17-33-18-14-26)32(38)24-10-9-23-11-12-30(29(23)21-24)34-31(37)28-8-4-6-22-5-2-3-7-27(22)28/h2-3,5,7,9-10,13-14,17-18,21,25,28,30H,4,6,8,11-12,15-16,19-20H2,1H3,(H,34,37)/t28?,30-/m1/s1. The maximum Gasteiger partial charge on any atom is 0.253 e. The zero-order valence-electron chi connectivity index (χ0n) is 22.1. The van der Waals surface area contributed by atoms with Gasteiger partial charge >= 0.3 is 0 Å². The van der Waals surface area contributed by atoms with Gasteiger partial charge in [0.05, 0.1) is 12.0 Å². The number of amides is 2. The van der Waals surface area contributed by atoms with Crippen LogP contribution < -0.4 is 10.2 Å². The number of aryl methyl sites for hydroxylation is 2. The Labute approximate surface area is 225 Å². The Morgan fingerprint density at radius 3 is 2.47 bits per heavy atom. The van der Waals surface area contributed by atoms with Crippen LogP contribution in [0.5, 0.6) is 0 Å². The number of anilines is 1. The van der Waals surface area contributed by atoms with Gasteiger partial charge in [0.1, 0.15) is 0 Å². The molecule has 38 heavy (non-hydrogen) atoms. The zero-order valence-corrected chi connectivity index (χ0v) is 22.1. The molecule has 1 N–H and O–H groups in total. The number of carbonyl (C=O) groups excluding carboxylic acids is 2. The largest absolute Gasteiger partial charge is 0.371 e. The van der Waals surface area contributed by atoms with Crippen molar-refractivity contribution >= 4 is 17.5 Å². The summed E-state index contributed by atoms with van der Waals surface area (Å²) in [4.78, 5) is 35.3. The lowest BCUT2D eigenvalue weighted by molar-refractivity contribution is -0.123. The van der Waals surface area contributed by atoms with Crippen molar-refractivity contribution in [1.29, 1.82) is 0 Å². The molecule has 3 aliphatic rings. The minimum Gasteiger partial charge on any atom is -0.371 e. The Hall–Kier alpha value is -3.67. The van der Waals surface area contributed by atoms with Gasteiger partial charge in [0, 0.05) is 49.8 Å². The minimum atomic E-state index is -0.0852. The van der Waals surface area contributed by atoms with Gasteiger partial charge in [0.25, 0.3) is 5.91 Å². The Balaban J connectivity index is 1.12. The molecular formula is C32H36N4O2. The van der Waals surface area contributed by atoms with Crippen molar-refractivity contribution in [2.24, 2.45) is 0 Å². The van der Waals surface area contributed by atoms with Gasteiger partial charge in [-0.05, 0) is 91.5 Å². The SMILES string of the molecule is CN(C(=O)c1ccc2c(c1)[C@H](NC(=O)C1CCCc3ccccc31)CC2)C1CCN(c2ccncc2)CC1. The molecule has 2 aromatic carbocycles. The van der Waals surface area contributed by atoms with Crippen LogP contribution in [0.1, 0.15) is 76.7 Å². The smallest absolute Gasteiger partial charge is 0.253 e. The van der Waals surface area contributed by atoms with E-state index in [9.17, 15) is 9.59 Å². The molecule has 0 spiro atoms. The summed E-state index contributed by atoms with van der Waals surface area (Å²) < 4.78 is 0. The van der Waals surface area contributed by atoms with Crippen LogP contribution in [0.3, 0.4) is 0 Å². The number of aromatic nitrogens is 1. The van der Waals surface area contributed by atoms with E-state index in [0.29, 0.717) is 5.56 Å². The highest BCUT2D eigenvalue weighted by atomic mass is 16.2. The average Bonchev–Trinajstić information content (AvgIpc) is 3.38. The molecule has 1 fully saturated rings. The van der Waals surface area contributed by atoms with E-state index in [4.69, 9.17) is 0 Å². The van der Waals surface area contributed by atoms with Gasteiger partial charge < -0.3 is 15.1 Å². The molecule has 2 aliphatic carbocycles. The molecule has 6 rings (SSSR count). The third-order valence-corrected chi connectivity index (χ3v) is 8.83. The summed E-state index contributed by atoms with van der Waals surface area (Å²) >= 11 is 0. The molecular weight excluding hydrogens is 472 g/mol. The van der Waals surface area contributed by atoms with Gasteiger partial charge in [0.2, 0.25) is 5.91 Å². The van der Waals surface area contributed by atoms with Crippen molar-refractivity contribution in [3.8, 4) is 0 Å². The van der Waals surface area contributed by atoms with E-state index in [2.05, 4.69) is 39.5 Å². The molecule has 6 heteroatoms. The van der Waals surface area contributed by atoms with Crippen LogP contribution in [-0.4, -0.2) is 47.9 Å². The van der Waals surface area contributed by atoms with Crippen LogP contribution in [0, 0.1) is 0 Å². The number of pyridine rings is 1. The second kappa shape index (κ2) is 10.6. The maximum absolute atomic E-state index is 13.5. The number of hydrogen-bond donors (Lipinski definition) is 1. The quantitative estimate of drug-likeness (QED) is 0.524. The Morgan fingerprint density at radius 2 is 1.66 bits per heavy atom. The first kappa shape index (κ1) is 24.7. The van der Waals surface area contributed by atoms with Gasteiger partial charge in [-0.25, -0.2) is 0 Å². The van der Waals surface area contributed by atoms with Crippen LogP contribution >= 0.6 is 0 Å². The van der Waals surface area contributed by atoms with Gasteiger partial charge in [-0.1, -0.05) is 30.3 Å². The van der Waals surface area contributed by atoms with E-state index >= 15 is 0 Å². The molecule has 1 unspecified atom stereocenters. The van der Waals surface area contributed by atoms with Crippen molar-refractivity contribution in [2.45, 2.75) is 62.9 Å². The third-order valence-electron chi connectivity index (χ3n) is 8.83. The van der Waals surface area contributed by atoms with Crippen LogP contribution in [0.25, 0.3) is 0 Å². The van der Waals surface area contributed by atoms with E-state index in [0.717, 1.165) is 63.6 Å². The lowest BCUT2D eigenvalue weighted by Gasteiger charge is -2.38. The summed E-state index contributed by atoms with van der Waals surface area (Å²) in [7, 11) is 1.93. The Bertz CT molecular complexity index is 1320. The predicted octanol–water partition coefficient (Wildman–Crippen LogP) is 5.05. The number of nitrogens with one attached hydrogen (secondary N) is 1. The summed E-state index contributed by atoms with van der Waals surface area (Å²) in [5.74, 6) is 0.0936. The van der Waals surface area contributed by atoms with Gasteiger partial charge in [0.15, 0.2) is 0 Å². The average molecular weight is 509 g/mol. The number of hydrogen-bond acceptors (Lipinski definition) is 4. The molecule has 0 saturated carbocycles. The highest BCUT2D eigenvalue weighted by Crippen LogP contribution is 2.36. The topological polar surface area (TPSA) is 65.5 Å². The molecule has 0 radical (unpaired) electrons. The van der Waals surface area contributed by atoms with Crippen LogP contribution in [0.4, 0.5) is 5.69 Å². The number of nitrogens with zero attached hydrogens (tertiary/aromatic N) is 3. The molecule has 2 atom stereocenters.